The van der Waals surface area contributed by atoms with Crippen molar-refractivity contribution in [1.29, 1.82) is 0 Å². The second-order valence-electron chi connectivity index (χ2n) is 4.83. The van der Waals surface area contributed by atoms with Gasteiger partial charge in [0.15, 0.2) is 0 Å². The van der Waals surface area contributed by atoms with Gasteiger partial charge in [-0.2, -0.15) is 4.31 Å². The molecule has 0 bridgehead atoms. The van der Waals surface area contributed by atoms with E-state index in [4.69, 9.17) is 10.5 Å². The minimum atomic E-state index is -3.63. The molecule has 0 spiro atoms. The molecular formula is C13H20N2O4S. The third-order valence-corrected chi connectivity index (χ3v) is 5.56. The van der Waals surface area contributed by atoms with Gasteiger partial charge < -0.3 is 15.6 Å². The van der Waals surface area contributed by atoms with Crippen LogP contribution in [-0.2, 0) is 21.3 Å². The van der Waals surface area contributed by atoms with Crippen molar-refractivity contribution in [2.45, 2.75) is 24.4 Å². The first-order valence-electron chi connectivity index (χ1n) is 6.50. The highest BCUT2D eigenvalue weighted by atomic mass is 32.2. The van der Waals surface area contributed by atoms with Crippen LogP contribution in [0.2, 0.25) is 0 Å². The van der Waals surface area contributed by atoms with E-state index >= 15 is 0 Å². The predicted octanol–water partition coefficient (Wildman–Crippen LogP) is -0.164. The molecule has 0 radical (unpaired) electrons. The zero-order chi connectivity index (χ0) is 14.8. The van der Waals surface area contributed by atoms with E-state index < -0.39 is 16.1 Å². The van der Waals surface area contributed by atoms with E-state index in [2.05, 4.69) is 0 Å². The van der Waals surface area contributed by atoms with Crippen LogP contribution >= 0.6 is 0 Å². The first-order valence-corrected chi connectivity index (χ1v) is 7.94. The molecule has 1 heterocycles. The summed E-state index contributed by atoms with van der Waals surface area (Å²) in [4.78, 5) is 0.259. The topological polar surface area (TPSA) is 92.9 Å². The van der Waals surface area contributed by atoms with E-state index in [1.807, 2.05) is 0 Å². The number of morpholine rings is 1. The number of aryl methyl sites for hydroxylation is 1. The van der Waals surface area contributed by atoms with Crippen LogP contribution in [0.15, 0.2) is 23.1 Å². The average Bonchev–Trinajstić information content (AvgIpc) is 2.46. The molecule has 1 aromatic carbocycles. The van der Waals surface area contributed by atoms with Gasteiger partial charge in [-0.25, -0.2) is 8.42 Å². The Bertz CT molecular complexity index is 574. The zero-order valence-corrected chi connectivity index (χ0v) is 12.3. The van der Waals surface area contributed by atoms with Crippen LogP contribution in [0.25, 0.3) is 0 Å². The van der Waals surface area contributed by atoms with Crippen LogP contribution in [0.4, 0.5) is 0 Å². The molecule has 112 valence electrons. The van der Waals surface area contributed by atoms with E-state index in [1.165, 1.54) is 4.31 Å². The van der Waals surface area contributed by atoms with Crippen LogP contribution in [0.1, 0.15) is 11.1 Å². The van der Waals surface area contributed by atoms with Gasteiger partial charge in [0.1, 0.15) is 0 Å². The van der Waals surface area contributed by atoms with Crippen LogP contribution in [0.3, 0.4) is 0 Å². The lowest BCUT2D eigenvalue weighted by atomic mass is 10.1. The Hall–Kier alpha value is -0.990. The van der Waals surface area contributed by atoms with Crippen LogP contribution in [0, 0.1) is 6.92 Å². The van der Waals surface area contributed by atoms with Crippen LogP contribution in [0.5, 0.6) is 0 Å². The molecule has 0 aromatic heterocycles. The van der Waals surface area contributed by atoms with E-state index in [0.29, 0.717) is 18.7 Å². The molecule has 0 aliphatic carbocycles. The van der Waals surface area contributed by atoms with Crippen molar-refractivity contribution in [3.05, 3.63) is 29.3 Å². The summed E-state index contributed by atoms with van der Waals surface area (Å²) in [5, 5.41) is 9.32. The number of nitrogens with zero attached hydrogens (tertiary/aromatic N) is 1. The Balaban J connectivity index is 2.38. The number of aliphatic hydroxyl groups excluding tert-OH is 1. The molecule has 1 aromatic rings. The molecule has 1 aliphatic rings. The van der Waals surface area contributed by atoms with Gasteiger partial charge in [0, 0.05) is 13.1 Å². The number of nitrogens with two attached hydrogens (primary N) is 1. The highest BCUT2D eigenvalue weighted by Crippen LogP contribution is 2.24. The number of benzene rings is 1. The molecule has 2 rings (SSSR count). The first kappa shape index (κ1) is 15.4. The summed E-state index contributed by atoms with van der Waals surface area (Å²) in [5.41, 5.74) is 7.11. The van der Waals surface area contributed by atoms with E-state index in [-0.39, 0.29) is 24.7 Å². The van der Waals surface area contributed by atoms with Crippen molar-refractivity contribution in [3.63, 3.8) is 0 Å². The normalized spacial score (nSPS) is 21.1. The van der Waals surface area contributed by atoms with Gasteiger partial charge in [0.2, 0.25) is 10.0 Å². The molecule has 20 heavy (non-hydrogen) atoms. The van der Waals surface area contributed by atoms with E-state index in [1.54, 1.807) is 25.1 Å². The molecule has 0 amide bonds. The number of ether oxygens (including phenoxy) is 1. The summed E-state index contributed by atoms with van der Waals surface area (Å²) in [7, 11) is -3.63. The molecule has 6 nitrogen and oxygen atoms in total. The van der Waals surface area contributed by atoms with Crippen molar-refractivity contribution in [3.8, 4) is 0 Å². The number of sulfonamides is 1. The molecular weight excluding hydrogens is 280 g/mol. The molecule has 7 heteroatoms. The standard InChI is InChI=1S/C13H20N2O4S/c1-10-6-11(7-14)2-3-13(10)20(17,18)15-4-5-19-9-12(15)8-16/h2-3,6,12,16H,4-5,7-9,14H2,1H3. The zero-order valence-electron chi connectivity index (χ0n) is 11.4. The largest absolute Gasteiger partial charge is 0.395 e. The van der Waals surface area contributed by atoms with Crippen molar-refractivity contribution in [2.75, 3.05) is 26.4 Å². The fourth-order valence-electron chi connectivity index (χ4n) is 2.35. The summed E-state index contributed by atoms with van der Waals surface area (Å²) in [6.45, 7) is 2.69. The highest BCUT2D eigenvalue weighted by molar-refractivity contribution is 7.89. The maximum atomic E-state index is 12.7. The molecule has 1 aliphatic heterocycles. The molecule has 0 saturated carbocycles. The lowest BCUT2D eigenvalue weighted by molar-refractivity contribution is 0.0109. The smallest absolute Gasteiger partial charge is 0.243 e. The van der Waals surface area contributed by atoms with Crippen molar-refractivity contribution in [2.24, 2.45) is 5.73 Å². The summed E-state index contributed by atoms with van der Waals surface area (Å²) in [6, 6.07) is 4.55. The Labute approximate surface area is 119 Å². The van der Waals surface area contributed by atoms with Crippen molar-refractivity contribution < 1.29 is 18.3 Å². The van der Waals surface area contributed by atoms with E-state index in [0.717, 1.165) is 5.56 Å². The SMILES string of the molecule is Cc1cc(CN)ccc1S(=O)(=O)N1CCOCC1CO. The van der Waals surface area contributed by atoms with Gasteiger partial charge in [-0.1, -0.05) is 12.1 Å². The monoisotopic (exact) mass is 300 g/mol. The summed E-state index contributed by atoms with van der Waals surface area (Å²) in [5.74, 6) is 0. The number of hydrogen-bond acceptors (Lipinski definition) is 5. The Morgan fingerprint density at radius 3 is 2.85 bits per heavy atom. The second-order valence-corrected chi connectivity index (χ2v) is 6.69. The van der Waals surface area contributed by atoms with Gasteiger partial charge in [0.25, 0.3) is 0 Å². The minimum Gasteiger partial charge on any atom is -0.395 e. The van der Waals surface area contributed by atoms with Crippen LogP contribution < -0.4 is 5.73 Å². The van der Waals surface area contributed by atoms with Crippen LogP contribution in [-0.4, -0.2) is 50.2 Å². The fraction of sp³-hybridized carbons (Fsp3) is 0.538. The number of aliphatic hydroxyl groups is 1. The second kappa shape index (κ2) is 6.19. The molecule has 3 N–H and O–H groups in total. The number of hydrogen-bond donors (Lipinski definition) is 2. The Morgan fingerprint density at radius 1 is 1.50 bits per heavy atom. The summed E-state index contributed by atoms with van der Waals surface area (Å²) in [6.07, 6.45) is 0. The summed E-state index contributed by atoms with van der Waals surface area (Å²) >= 11 is 0. The molecule has 1 unspecified atom stereocenters. The van der Waals surface area contributed by atoms with Crippen molar-refractivity contribution in [1.82, 2.24) is 4.31 Å². The van der Waals surface area contributed by atoms with Gasteiger partial charge in [0.05, 0.1) is 30.8 Å². The molecule has 1 saturated heterocycles. The average molecular weight is 300 g/mol. The van der Waals surface area contributed by atoms with Gasteiger partial charge in [-0.05, 0) is 24.1 Å². The van der Waals surface area contributed by atoms with Gasteiger partial charge in [-0.15, -0.1) is 0 Å². The van der Waals surface area contributed by atoms with Gasteiger partial charge in [-0.3, -0.25) is 0 Å². The maximum absolute atomic E-state index is 12.7. The highest BCUT2D eigenvalue weighted by Gasteiger charge is 2.34. The first-order chi connectivity index (χ1) is 9.50. The minimum absolute atomic E-state index is 0.218. The lowest BCUT2D eigenvalue weighted by Crippen LogP contribution is -2.50. The molecule has 1 fully saturated rings. The Kier molecular flexibility index (Phi) is 4.77. The molecule has 1 atom stereocenters. The predicted molar refractivity (Wildman–Crippen MR) is 74.7 cm³/mol. The number of rotatable bonds is 4. The fourth-order valence-corrected chi connectivity index (χ4v) is 4.15. The Morgan fingerprint density at radius 2 is 2.25 bits per heavy atom. The van der Waals surface area contributed by atoms with E-state index in [9.17, 15) is 13.5 Å². The third kappa shape index (κ3) is 2.87. The maximum Gasteiger partial charge on any atom is 0.243 e. The lowest BCUT2D eigenvalue weighted by Gasteiger charge is -2.33. The quantitative estimate of drug-likeness (QED) is 0.806. The van der Waals surface area contributed by atoms with Crippen molar-refractivity contribution >= 4 is 10.0 Å². The van der Waals surface area contributed by atoms with Gasteiger partial charge >= 0.3 is 0 Å². The summed E-state index contributed by atoms with van der Waals surface area (Å²) < 4.78 is 31.9. The third-order valence-electron chi connectivity index (χ3n) is 3.45.